The number of rotatable bonds is 6. The first-order chi connectivity index (χ1) is 11.0. The molecule has 1 amide bonds. The maximum absolute atomic E-state index is 12.4. The van der Waals surface area contributed by atoms with Gasteiger partial charge in [0.05, 0.1) is 25.8 Å². The summed E-state index contributed by atoms with van der Waals surface area (Å²) in [7, 11) is 1.28. The Hall–Kier alpha value is -2.34. The molecule has 0 atom stereocenters. The lowest BCUT2D eigenvalue weighted by molar-refractivity contribution is -0.136. The summed E-state index contributed by atoms with van der Waals surface area (Å²) in [6.45, 7) is 4.37. The van der Waals surface area contributed by atoms with Crippen LogP contribution in [-0.2, 0) is 14.3 Å². The van der Waals surface area contributed by atoms with Gasteiger partial charge in [0.15, 0.2) is 0 Å². The second kappa shape index (κ2) is 7.28. The summed E-state index contributed by atoms with van der Waals surface area (Å²) in [4.78, 5) is 25.7. The number of anilines is 1. The van der Waals surface area contributed by atoms with Crippen LogP contribution in [0.15, 0.2) is 35.5 Å². The van der Waals surface area contributed by atoms with Crippen LogP contribution in [0.4, 0.5) is 5.69 Å². The van der Waals surface area contributed by atoms with Crippen LogP contribution in [0.1, 0.15) is 25.3 Å². The average Bonchev–Trinajstić information content (AvgIpc) is 2.84. The van der Waals surface area contributed by atoms with Crippen LogP contribution < -0.4 is 5.32 Å². The lowest BCUT2D eigenvalue weighted by atomic mass is 10.0. The number of aliphatic hydroxyl groups excluding tert-OH is 1. The molecule has 124 valence electrons. The van der Waals surface area contributed by atoms with Crippen molar-refractivity contribution in [3.05, 3.63) is 41.1 Å². The van der Waals surface area contributed by atoms with Gasteiger partial charge < -0.3 is 20.1 Å². The van der Waals surface area contributed by atoms with Crippen molar-refractivity contribution in [1.82, 2.24) is 4.90 Å². The monoisotopic (exact) mass is 318 g/mol. The molecule has 2 N–H and O–H groups in total. The van der Waals surface area contributed by atoms with E-state index in [0.29, 0.717) is 5.92 Å². The average molecular weight is 318 g/mol. The standard InChI is InChI=1S/C17H22N2O4/c1-11(2)12-4-6-13(7-5-12)18-15-14(17(22)23-3)10-19(8-9-20)16(15)21/h4-7,11,18,20H,8-10H2,1-3H3. The van der Waals surface area contributed by atoms with Crippen molar-refractivity contribution in [3.8, 4) is 0 Å². The van der Waals surface area contributed by atoms with Gasteiger partial charge in [-0.1, -0.05) is 26.0 Å². The van der Waals surface area contributed by atoms with Gasteiger partial charge in [-0.2, -0.15) is 0 Å². The summed E-state index contributed by atoms with van der Waals surface area (Å²) in [5.41, 5.74) is 2.41. The number of carbonyl (C=O) groups excluding carboxylic acids is 2. The molecular formula is C17H22N2O4. The predicted octanol–water partition coefficient (Wildman–Crippen LogP) is 1.48. The molecule has 0 saturated heterocycles. The Morgan fingerprint density at radius 2 is 2.00 bits per heavy atom. The van der Waals surface area contributed by atoms with Crippen LogP contribution in [0.5, 0.6) is 0 Å². The number of methoxy groups -OCH3 is 1. The Morgan fingerprint density at radius 1 is 1.35 bits per heavy atom. The number of nitrogens with one attached hydrogen (secondary N) is 1. The van der Waals surface area contributed by atoms with Crippen molar-refractivity contribution in [2.75, 3.05) is 32.1 Å². The lowest BCUT2D eigenvalue weighted by Crippen LogP contribution is -2.31. The van der Waals surface area contributed by atoms with E-state index in [-0.39, 0.29) is 36.9 Å². The van der Waals surface area contributed by atoms with Gasteiger partial charge in [0.1, 0.15) is 5.70 Å². The number of aliphatic hydroxyl groups is 1. The molecule has 6 heteroatoms. The molecule has 1 aromatic rings. The van der Waals surface area contributed by atoms with Crippen molar-refractivity contribution in [1.29, 1.82) is 0 Å². The van der Waals surface area contributed by atoms with Gasteiger partial charge in [0.2, 0.25) is 0 Å². The molecule has 0 saturated carbocycles. The molecule has 1 heterocycles. The maximum atomic E-state index is 12.4. The highest BCUT2D eigenvalue weighted by atomic mass is 16.5. The van der Waals surface area contributed by atoms with Crippen LogP contribution in [0.25, 0.3) is 0 Å². The second-order valence-electron chi connectivity index (χ2n) is 5.70. The van der Waals surface area contributed by atoms with Gasteiger partial charge in [0.25, 0.3) is 5.91 Å². The van der Waals surface area contributed by atoms with Crippen molar-refractivity contribution in [2.45, 2.75) is 19.8 Å². The molecule has 0 unspecified atom stereocenters. The number of β-amino-alcohol motifs (C(OH)–C–C–N with tert-alkyl or cyclic N) is 1. The van der Waals surface area contributed by atoms with Gasteiger partial charge in [-0.3, -0.25) is 4.79 Å². The number of amides is 1. The highest BCUT2D eigenvalue weighted by Crippen LogP contribution is 2.24. The van der Waals surface area contributed by atoms with E-state index >= 15 is 0 Å². The minimum absolute atomic E-state index is 0.137. The predicted molar refractivity (Wildman–Crippen MR) is 86.9 cm³/mol. The number of hydrogen-bond acceptors (Lipinski definition) is 5. The summed E-state index contributed by atoms with van der Waals surface area (Å²) in [5, 5.41) is 12.1. The topological polar surface area (TPSA) is 78.9 Å². The zero-order valence-electron chi connectivity index (χ0n) is 13.6. The van der Waals surface area contributed by atoms with Gasteiger partial charge in [0, 0.05) is 12.2 Å². The van der Waals surface area contributed by atoms with E-state index < -0.39 is 5.97 Å². The largest absolute Gasteiger partial charge is 0.466 e. The summed E-state index contributed by atoms with van der Waals surface area (Å²) in [6.07, 6.45) is 0. The number of hydrogen-bond donors (Lipinski definition) is 2. The Bertz CT molecular complexity index is 620. The summed E-state index contributed by atoms with van der Waals surface area (Å²) in [6, 6.07) is 7.71. The molecule has 23 heavy (non-hydrogen) atoms. The Labute approximate surface area is 135 Å². The van der Waals surface area contributed by atoms with Gasteiger partial charge in [-0.05, 0) is 23.6 Å². The smallest absolute Gasteiger partial charge is 0.337 e. The van der Waals surface area contributed by atoms with Gasteiger partial charge in [-0.25, -0.2) is 4.79 Å². The zero-order valence-corrected chi connectivity index (χ0v) is 13.6. The highest BCUT2D eigenvalue weighted by molar-refractivity contribution is 6.08. The van der Waals surface area contributed by atoms with Crippen LogP contribution in [0.3, 0.4) is 0 Å². The van der Waals surface area contributed by atoms with E-state index in [2.05, 4.69) is 19.2 Å². The molecular weight excluding hydrogens is 296 g/mol. The number of ether oxygens (including phenoxy) is 1. The summed E-state index contributed by atoms with van der Waals surface area (Å²) >= 11 is 0. The van der Waals surface area contributed by atoms with Crippen molar-refractivity contribution in [2.24, 2.45) is 0 Å². The van der Waals surface area contributed by atoms with Crippen molar-refractivity contribution >= 4 is 17.6 Å². The van der Waals surface area contributed by atoms with E-state index in [9.17, 15) is 9.59 Å². The minimum Gasteiger partial charge on any atom is -0.466 e. The molecule has 1 aliphatic heterocycles. The normalized spacial score (nSPS) is 14.7. The third-order valence-corrected chi connectivity index (χ3v) is 3.80. The minimum atomic E-state index is -0.542. The molecule has 1 aromatic carbocycles. The Morgan fingerprint density at radius 3 is 2.52 bits per heavy atom. The summed E-state index contributed by atoms with van der Waals surface area (Å²) < 4.78 is 4.75. The third kappa shape index (κ3) is 3.71. The molecule has 0 fully saturated rings. The fourth-order valence-corrected chi connectivity index (χ4v) is 2.44. The third-order valence-electron chi connectivity index (χ3n) is 3.80. The maximum Gasteiger partial charge on any atom is 0.337 e. The van der Waals surface area contributed by atoms with Crippen LogP contribution in [-0.4, -0.2) is 48.7 Å². The molecule has 0 bridgehead atoms. The number of benzene rings is 1. The van der Waals surface area contributed by atoms with E-state index in [1.165, 1.54) is 17.6 Å². The Balaban J connectivity index is 2.25. The molecule has 0 aromatic heterocycles. The van der Waals surface area contributed by atoms with E-state index in [1.807, 2.05) is 24.3 Å². The SMILES string of the molecule is COC(=O)C1=C(Nc2ccc(C(C)C)cc2)C(=O)N(CCO)C1. The molecule has 0 aliphatic carbocycles. The fraction of sp³-hybridized carbons (Fsp3) is 0.412. The van der Waals surface area contributed by atoms with Gasteiger partial charge >= 0.3 is 5.97 Å². The summed E-state index contributed by atoms with van der Waals surface area (Å²) in [5.74, 6) is -0.436. The van der Waals surface area contributed by atoms with Crippen molar-refractivity contribution < 1.29 is 19.4 Å². The first-order valence-electron chi connectivity index (χ1n) is 7.56. The first-order valence-corrected chi connectivity index (χ1v) is 7.56. The second-order valence-corrected chi connectivity index (χ2v) is 5.70. The Kier molecular flexibility index (Phi) is 5.39. The van der Waals surface area contributed by atoms with E-state index in [0.717, 1.165) is 5.69 Å². The van der Waals surface area contributed by atoms with Crippen molar-refractivity contribution in [3.63, 3.8) is 0 Å². The highest BCUT2D eigenvalue weighted by Gasteiger charge is 2.34. The van der Waals surface area contributed by atoms with Crippen LogP contribution >= 0.6 is 0 Å². The van der Waals surface area contributed by atoms with Crippen LogP contribution in [0, 0.1) is 0 Å². The van der Waals surface area contributed by atoms with E-state index in [4.69, 9.17) is 9.84 Å². The number of esters is 1. The molecule has 2 rings (SSSR count). The molecule has 1 aliphatic rings. The molecule has 0 radical (unpaired) electrons. The number of nitrogens with zero attached hydrogens (tertiary/aromatic N) is 1. The fourth-order valence-electron chi connectivity index (χ4n) is 2.44. The number of carbonyl (C=O) groups is 2. The van der Waals surface area contributed by atoms with E-state index in [1.54, 1.807) is 0 Å². The quantitative estimate of drug-likeness (QED) is 0.777. The van der Waals surface area contributed by atoms with Crippen LogP contribution in [0.2, 0.25) is 0 Å². The molecule has 6 nitrogen and oxygen atoms in total. The first kappa shape index (κ1) is 17.0. The zero-order chi connectivity index (χ0) is 17.0. The molecule has 0 spiro atoms. The lowest BCUT2D eigenvalue weighted by Gasteiger charge is -2.15. The van der Waals surface area contributed by atoms with Gasteiger partial charge in [-0.15, -0.1) is 0 Å².